The van der Waals surface area contributed by atoms with Crippen LogP contribution >= 0.6 is 11.6 Å². The van der Waals surface area contributed by atoms with E-state index in [2.05, 4.69) is 0 Å². The molecule has 4 nitrogen and oxygen atoms in total. The van der Waals surface area contributed by atoms with Gasteiger partial charge in [0, 0.05) is 23.2 Å². The number of hydrogen-bond acceptors (Lipinski definition) is 4. The van der Waals surface area contributed by atoms with Crippen molar-refractivity contribution in [1.29, 1.82) is 0 Å². The lowest BCUT2D eigenvalue weighted by molar-refractivity contribution is -0.194. The van der Waals surface area contributed by atoms with Gasteiger partial charge in [-0.25, -0.2) is 4.39 Å². The van der Waals surface area contributed by atoms with E-state index in [0.717, 1.165) is 6.42 Å². The minimum absolute atomic E-state index is 0.0423. The highest BCUT2D eigenvalue weighted by Gasteiger charge is 2.71. The third kappa shape index (κ3) is 2.94. The number of carbonyl (C=O) groups excluding carboxylic acids is 3. The molecule has 4 rings (SSSR count). The number of allylic oxidation sites excluding steroid dienone is 4. The Bertz CT molecular complexity index is 881. The summed E-state index contributed by atoms with van der Waals surface area (Å²) in [5.41, 5.74) is -1.76. The molecule has 0 aromatic rings. The Morgan fingerprint density at radius 3 is 2.61 bits per heavy atom. The summed E-state index contributed by atoms with van der Waals surface area (Å²) in [5, 5.41) is 0. The fourth-order valence-electron chi connectivity index (χ4n) is 7.74. The second kappa shape index (κ2) is 7.54. The first-order chi connectivity index (χ1) is 14.5. The summed E-state index contributed by atoms with van der Waals surface area (Å²) in [5.74, 6) is -0.914. The number of hydrogen-bond donors (Lipinski definition) is 0. The van der Waals surface area contributed by atoms with Gasteiger partial charge in [0.2, 0.25) is 0 Å². The molecule has 0 heterocycles. The summed E-state index contributed by atoms with van der Waals surface area (Å²) in [6.45, 7) is 7.78. The first kappa shape index (κ1) is 22.7. The van der Waals surface area contributed by atoms with E-state index >= 15 is 4.39 Å². The SMILES string of the molecule is CCC(=O)O[C@]1(C(=O)CCl)[C@@H](C)C[C@H]2[C@@H]3C[C@H](F)C4=CC(=O)C=C[C@]4(C)[C@H]3CC[C@@]21C. The van der Waals surface area contributed by atoms with Crippen molar-refractivity contribution in [3.8, 4) is 0 Å². The standard InChI is InChI=1S/C25H32ClFO4/c1-5-22(30)31-25(21(29)13-26)14(2)10-18-16-12-20(27)19-11-15(28)6-8-23(19,3)17(16)7-9-24(18,25)4/h6,8,11,14,16-18,20H,5,7,9-10,12-13H2,1-4H3/t14-,16+,17-,18-,20-,23+,24-,25-/m0/s1. The van der Waals surface area contributed by atoms with Crippen LogP contribution in [0.2, 0.25) is 0 Å². The number of fused-ring (bicyclic) bond motifs is 5. The molecule has 0 bridgehead atoms. The zero-order valence-corrected chi connectivity index (χ0v) is 19.5. The Kier molecular flexibility index (Phi) is 5.52. The van der Waals surface area contributed by atoms with Crippen LogP contribution in [-0.4, -0.2) is 35.2 Å². The lowest BCUT2D eigenvalue weighted by Crippen LogP contribution is -2.61. The maximum atomic E-state index is 15.4. The molecular formula is C25H32ClFO4. The van der Waals surface area contributed by atoms with Crippen molar-refractivity contribution in [2.75, 3.05) is 5.88 Å². The van der Waals surface area contributed by atoms with Crippen molar-refractivity contribution < 1.29 is 23.5 Å². The molecule has 3 saturated carbocycles. The van der Waals surface area contributed by atoms with Gasteiger partial charge < -0.3 is 4.74 Å². The molecule has 0 unspecified atom stereocenters. The number of ether oxygens (including phenoxy) is 1. The van der Waals surface area contributed by atoms with Gasteiger partial charge in [0.1, 0.15) is 6.17 Å². The molecule has 31 heavy (non-hydrogen) atoms. The number of halogens is 2. The molecule has 0 aromatic carbocycles. The van der Waals surface area contributed by atoms with Crippen molar-refractivity contribution in [3.05, 3.63) is 23.8 Å². The highest BCUT2D eigenvalue weighted by Crippen LogP contribution is 2.69. The smallest absolute Gasteiger partial charge is 0.306 e. The predicted molar refractivity (Wildman–Crippen MR) is 116 cm³/mol. The first-order valence-electron chi connectivity index (χ1n) is 11.5. The van der Waals surface area contributed by atoms with Gasteiger partial charge >= 0.3 is 5.97 Å². The van der Waals surface area contributed by atoms with Gasteiger partial charge in [-0.2, -0.15) is 0 Å². The predicted octanol–water partition coefficient (Wildman–Crippen LogP) is 4.99. The first-order valence-corrected chi connectivity index (χ1v) is 12.0. The van der Waals surface area contributed by atoms with E-state index in [4.69, 9.17) is 16.3 Å². The molecular weight excluding hydrogens is 419 g/mol. The molecule has 0 N–H and O–H groups in total. The Balaban J connectivity index is 1.78. The minimum atomic E-state index is -1.27. The number of ketones is 2. The van der Waals surface area contributed by atoms with E-state index in [0.29, 0.717) is 24.8 Å². The number of rotatable bonds is 4. The summed E-state index contributed by atoms with van der Waals surface area (Å²) in [6, 6.07) is 0. The fraction of sp³-hybridized carbons (Fsp3) is 0.720. The molecule has 0 aromatic heterocycles. The van der Waals surface area contributed by atoms with Gasteiger partial charge in [0.15, 0.2) is 17.2 Å². The molecule has 0 radical (unpaired) electrons. The van der Waals surface area contributed by atoms with Gasteiger partial charge in [-0.3, -0.25) is 14.4 Å². The van der Waals surface area contributed by atoms with E-state index in [-0.39, 0.29) is 47.5 Å². The van der Waals surface area contributed by atoms with Crippen molar-refractivity contribution >= 4 is 29.1 Å². The van der Waals surface area contributed by atoms with Crippen LogP contribution in [0.1, 0.15) is 59.8 Å². The summed E-state index contributed by atoms with van der Waals surface area (Å²) >= 11 is 6.04. The van der Waals surface area contributed by atoms with Gasteiger partial charge in [-0.05, 0) is 61.2 Å². The van der Waals surface area contributed by atoms with Crippen LogP contribution in [0.3, 0.4) is 0 Å². The van der Waals surface area contributed by atoms with Crippen LogP contribution in [0.15, 0.2) is 23.8 Å². The van der Waals surface area contributed by atoms with Crippen molar-refractivity contribution in [2.24, 2.45) is 34.5 Å². The summed E-state index contributed by atoms with van der Waals surface area (Å²) in [4.78, 5) is 37.6. The topological polar surface area (TPSA) is 60.4 Å². The van der Waals surface area contributed by atoms with E-state index in [1.165, 1.54) is 6.08 Å². The number of Topliss-reactive ketones (excluding diaryl/α,β-unsaturated/α-hetero) is 1. The Morgan fingerprint density at radius 2 is 1.97 bits per heavy atom. The third-order valence-corrected chi connectivity index (χ3v) is 9.42. The lowest BCUT2D eigenvalue weighted by Gasteiger charge is -2.58. The Labute approximate surface area is 188 Å². The molecule has 3 fully saturated rings. The van der Waals surface area contributed by atoms with Gasteiger partial charge in [-0.1, -0.05) is 33.8 Å². The summed E-state index contributed by atoms with van der Waals surface area (Å²) in [6.07, 6.45) is 6.46. The van der Waals surface area contributed by atoms with Crippen LogP contribution in [0.25, 0.3) is 0 Å². The monoisotopic (exact) mass is 450 g/mol. The molecule has 6 heteroatoms. The van der Waals surface area contributed by atoms with Crippen molar-refractivity contribution in [3.63, 3.8) is 0 Å². The Hall–Kier alpha value is -1.49. The largest absolute Gasteiger partial charge is 0.450 e. The zero-order valence-electron chi connectivity index (χ0n) is 18.8. The molecule has 0 spiro atoms. The van der Waals surface area contributed by atoms with Crippen LogP contribution in [-0.2, 0) is 19.1 Å². The molecule has 170 valence electrons. The number of esters is 1. The molecule has 8 atom stereocenters. The molecule has 0 amide bonds. The van der Waals surface area contributed by atoms with Crippen LogP contribution in [0.4, 0.5) is 4.39 Å². The van der Waals surface area contributed by atoms with Gasteiger partial charge in [-0.15, -0.1) is 11.6 Å². The average molecular weight is 451 g/mol. The van der Waals surface area contributed by atoms with Crippen LogP contribution in [0, 0.1) is 34.5 Å². The molecule has 4 aliphatic rings. The summed E-state index contributed by atoms with van der Waals surface area (Å²) in [7, 11) is 0. The highest BCUT2D eigenvalue weighted by molar-refractivity contribution is 6.29. The van der Waals surface area contributed by atoms with E-state index < -0.39 is 28.6 Å². The van der Waals surface area contributed by atoms with Crippen molar-refractivity contribution in [2.45, 2.75) is 71.6 Å². The van der Waals surface area contributed by atoms with Crippen molar-refractivity contribution in [1.82, 2.24) is 0 Å². The van der Waals surface area contributed by atoms with Crippen LogP contribution in [0.5, 0.6) is 0 Å². The van der Waals surface area contributed by atoms with Gasteiger partial charge in [0.05, 0.1) is 5.88 Å². The maximum absolute atomic E-state index is 15.4. The van der Waals surface area contributed by atoms with E-state index in [1.807, 2.05) is 26.8 Å². The lowest BCUT2D eigenvalue weighted by atomic mass is 9.46. The minimum Gasteiger partial charge on any atom is -0.450 e. The van der Waals surface area contributed by atoms with E-state index in [1.54, 1.807) is 13.0 Å². The Morgan fingerprint density at radius 1 is 1.26 bits per heavy atom. The second-order valence-electron chi connectivity index (χ2n) is 10.4. The quantitative estimate of drug-likeness (QED) is 0.447. The second-order valence-corrected chi connectivity index (χ2v) is 10.7. The van der Waals surface area contributed by atoms with Gasteiger partial charge in [0.25, 0.3) is 0 Å². The summed E-state index contributed by atoms with van der Waals surface area (Å²) < 4.78 is 21.4. The zero-order chi connectivity index (χ0) is 22.8. The highest BCUT2D eigenvalue weighted by atomic mass is 35.5. The van der Waals surface area contributed by atoms with E-state index in [9.17, 15) is 14.4 Å². The fourth-order valence-corrected chi connectivity index (χ4v) is 7.94. The number of carbonyl (C=O) groups is 3. The third-order valence-electron chi connectivity index (χ3n) is 9.18. The average Bonchev–Trinajstić information content (AvgIpc) is 2.96. The van der Waals surface area contributed by atoms with Crippen LogP contribution < -0.4 is 0 Å². The molecule has 0 saturated heterocycles. The maximum Gasteiger partial charge on any atom is 0.306 e. The number of alkyl halides is 2. The molecule has 0 aliphatic heterocycles. The molecule has 4 aliphatic carbocycles. The normalized spacial score (nSPS) is 45.9.